The van der Waals surface area contributed by atoms with E-state index in [4.69, 9.17) is 9.84 Å². The molecular formula is C20H17NO7S. The Morgan fingerprint density at radius 3 is 2.38 bits per heavy atom. The molecule has 0 bridgehead atoms. The molecule has 0 aliphatic carbocycles. The molecule has 2 aliphatic rings. The highest BCUT2D eigenvalue weighted by atomic mass is 32.2. The van der Waals surface area contributed by atoms with Crippen LogP contribution in [0.1, 0.15) is 38.6 Å². The molecule has 1 N–H and O–H groups in total. The van der Waals surface area contributed by atoms with E-state index in [-0.39, 0.29) is 35.6 Å². The number of rotatable bonds is 6. The number of imide groups is 1. The maximum Gasteiger partial charge on any atom is 0.304 e. The topological polar surface area (TPSA) is 118 Å². The van der Waals surface area contributed by atoms with Crippen molar-refractivity contribution < 1.29 is 32.6 Å². The van der Waals surface area contributed by atoms with Gasteiger partial charge in [-0.2, -0.15) is 0 Å². The zero-order valence-electron chi connectivity index (χ0n) is 15.2. The first-order valence-electron chi connectivity index (χ1n) is 8.94. The maximum absolute atomic E-state index is 12.8. The van der Waals surface area contributed by atoms with Crippen LogP contribution < -0.4 is 4.74 Å². The van der Waals surface area contributed by atoms with E-state index >= 15 is 0 Å². The van der Waals surface area contributed by atoms with Gasteiger partial charge in [0.15, 0.2) is 9.84 Å². The van der Waals surface area contributed by atoms with Crippen molar-refractivity contribution in [2.75, 3.05) is 18.9 Å². The standard InChI is InChI=1S/C20H17NO7S/c22-18(23)9-12-11-28-17-6-5-13(10-16(12)17)29(26,27)8-7-21-19(24)14-3-1-2-4-15(14)20(21)25/h1-6,10,12H,7-9,11H2,(H,22,23). The van der Waals surface area contributed by atoms with Crippen molar-refractivity contribution in [1.82, 2.24) is 4.90 Å². The Bertz CT molecular complexity index is 1100. The molecule has 0 saturated carbocycles. The number of carboxylic acids is 1. The zero-order chi connectivity index (χ0) is 20.8. The fourth-order valence-corrected chi connectivity index (χ4v) is 4.84. The highest BCUT2D eigenvalue weighted by Gasteiger charge is 2.36. The van der Waals surface area contributed by atoms with Crippen LogP contribution >= 0.6 is 0 Å². The normalized spacial score (nSPS) is 17.8. The summed E-state index contributed by atoms with van der Waals surface area (Å²) in [5.41, 5.74) is 1.07. The molecule has 0 fully saturated rings. The molecule has 0 radical (unpaired) electrons. The molecule has 29 heavy (non-hydrogen) atoms. The van der Waals surface area contributed by atoms with Crippen LogP contribution in [0.5, 0.6) is 5.75 Å². The summed E-state index contributed by atoms with van der Waals surface area (Å²) in [6, 6.07) is 10.7. The number of carboxylic acid groups (broad SMARTS) is 1. The predicted octanol–water partition coefficient (Wildman–Crippen LogP) is 1.71. The summed E-state index contributed by atoms with van der Waals surface area (Å²) in [6.45, 7) is -0.0823. The summed E-state index contributed by atoms with van der Waals surface area (Å²) in [7, 11) is -3.80. The first-order chi connectivity index (χ1) is 13.8. The van der Waals surface area contributed by atoms with Crippen molar-refractivity contribution in [3.05, 3.63) is 59.2 Å². The predicted molar refractivity (Wildman–Crippen MR) is 101 cm³/mol. The first kappa shape index (κ1) is 19.1. The minimum Gasteiger partial charge on any atom is -0.493 e. The van der Waals surface area contributed by atoms with Crippen LogP contribution in [0.4, 0.5) is 0 Å². The highest BCUT2D eigenvalue weighted by molar-refractivity contribution is 7.91. The fraction of sp³-hybridized carbons (Fsp3) is 0.250. The summed E-state index contributed by atoms with van der Waals surface area (Å²) in [5, 5.41) is 9.02. The quantitative estimate of drug-likeness (QED) is 0.714. The number of aliphatic carboxylic acids is 1. The van der Waals surface area contributed by atoms with E-state index in [2.05, 4.69) is 0 Å². The second-order valence-electron chi connectivity index (χ2n) is 6.93. The SMILES string of the molecule is O=C(O)CC1COc2ccc(S(=O)(=O)CCN3C(=O)c4ccccc4C3=O)cc21. The van der Waals surface area contributed by atoms with Crippen molar-refractivity contribution in [3.63, 3.8) is 0 Å². The number of sulfone groups is 1. The van der Waals surface area contributed by atoms with Gasteiger partial charge in [0.25, 0.3) is 11.8 Å². The first-order valence-corrected chi connectivity index (χ1v) is 10.6. The van der Waals surface area contributed by atoms with Crippen LogP contribution in [0, 0.1) is 0 Å². The van der Waals surface area contributed by atoms with Crippen LogP contribution in [0.2, 0.25) is 0 Å². The summed E-state index contributed by atoms with van der Waals surface area (Å²) in [4.78, 5) is 36.7. The number of benzene rings is 2. The van der Waals surface area contributed by atoms with Crippen molar-refractivity contribution in [1.29, 1.82) is 0 Å². The second kappa shape index (κ2) is 7.00. The molecule has 2 aliphatic heterocycles. The Morgan fingerprint density at radius 1 is 1.10 bits per heavy atom. The molecule has 4 rings (SSSR count). The molecule has 2 heterocycles. The van der Waals surface area contributed by atoms with Gasteiger partial charge in [-0.15, -0.1) is 0 Å². The van der Waals surface area contributed by atoms with E-state index in [1.165, 1.54) is 30.3 Å². The van der Waals surface area contributed by atoms with Crippen LogP contribution in [0.25, 0.3) is 0 Å². The van der Waals surface area contributed by atoms with Gasteiger partial charge in [0.1, 0.15) is 5.75 Å². The summed E-state index contributed by atoms with van der Waals surface area (Å²) in [6.07, 6.45) is -0.161. The Hall–Kier alpha value is -3.20. The molecule has 9 heteroatoms. The molecule has 1 unspecified atom stereocenters. The van der Waals surface area contributed by atoms with Crippen LogP contribution in [-0.2, 0) is 14.6 Å². The van der Waals surface area contributed by atoms with Crippen molar-refractivity contribution >= 4 is 27.6 Å². The Balaban J connectivity index is 1.53. The summed E-state index contributed by atoms with van der Waals surface area (Å²) >= 11 is 0. The van der Waals surface area contributed by atoms with Crippen LogP contribution in [0.3, 0.4) is 0 Å². The van der Waals surface area contributed by atoms with Gasteiger partial charge in [0, 0.05) is 18.0 Å². The molecule has 8 nitrogen and oxygen atoms in total. The van der Waals surface area contributed by atoms with Gasteiger partial charge in [-0.25, -0.2) is 8.42 Å². The monoisotopic (exact) mass is 415 g/mol. The van der Waals surface area contributed by atoms with Crippen molar-refractivity contribution in [3.8, 4) is 5.75 Å². The van der Waals surface area contributed by atoms with E-state index in [0.29, 0.717) is 11.3 Å². The van der Waals surface area contributed by atoms with Crippen molar-refractivity contribution in [2.45, 2.75) is 17.2 Å². The lowest BCUT2D eigenvalue weighted by Crippen LogP contribution is -2.34. The molecule has 150 valence electrons. The second-order valence-corrected chi connectivity index (χ2v) is 9.04. The number of amides is 2. The number of hydrogen-bond donors (Lipinski definition) is 1. The smallest absolute Gasteiger partial charge is 0.304 e. The Labute approximate surface area is 166 Å². The number of nitrogens with zero attached hydrogens (tertiary/aromatic N) is 1. The third kappa shape index (κ3) is 3.38. The maximum atomic E-state index is 12.8. The van der Waals surface area contributed by atoms with Gasteiger partial charge in [-0.3, -0.25) is 19.3 Å². The van der Waals surface area contributed by atoms with Crippen LogP contribution in [0.15, 0.2) is 47.4 Å². The minimum absolute atomic E-state index is 0.00810. The lowest BCUT2D eigenvalue weighted by Gasteiger charge is -2.14. The molecular weight excluding hydrogens is 398 g/mol. The average Bonchev–Trinajstić information content (AvgIpc) is 3.19. The summed E-state index contributed by atoms with van der Waals surface area (Å²) in [5.74, 6) is -2.40. The average molecular weight is 415 g/mol. The molecule has 1 atom stereocenters. The Kier molecular flexibility index (Phi) is 4.62. The van der Waals surface area contributed by atoms with E-state index in [0.717, 1.165) is 4.90 Å². The summed E-state index contributed by atoms with van der Waals surface area (Å²) < 4.78 is 31.0. The van der Waals surface area contributed by atoms with Gasteiger partial charge >= 0.3 is 5.97 Å². The molecule has 0 spiro atoms. The third-order valence-corrected chi connectivity index (χ3v) is 6.80. The number of carbonyl (C=O) groups excluding carboxylic acids is 2. The zero-order valence-corrected chi connectivity index (χ0v) is 16.0. The van der Waals surface area contributed by atoms with Gasteiger partial charge in [-0.1, -0.05) is 12.1 Å². The van der Waals surface area contributed by atoms with E-state index in [1.807, 2.05) is 0 Å². The fourth-order valence-electron chi connectivity index (χ4n) is 3.60. The lowest BCUT2D eigenvalue weighted by atomic mass is 9.98. The third-order valence-electron chi connectivity index (χ3n) is 5.10. The van der Waals surface area contributed by atoms with Crippen molar-refractivity contribution in [2.24, 2.45) is 0 Å². The van der Waals surface area contributed by atoms with Gasteiger partial charge in [0.05, 0.1) is 34.8 Å². The van der Waals surface area contributed by atoms with Gasteiger partial charge < -0.3 is 9.84 Å². The molecule has 0 aromatic heterocycles. The molecule has 2 aromatic rings. The minimum atomic E-state index is -3.80. The van der Waals surface area contributed by atoms with E-state index in [9.17, 15) is 22.8 Å². The largest absolute Gasteiger partial charge is 0.493 e. The highest BCUT2D eigenvalue weighted by Crippen LogP contribution is 2.37. The van der Waals surface area contributed by atoms with E-state index < -0.39 is 39.3 Å². The molecule has 2 amide bonds. The van der Waals surface area contributed by atoms with Crippen LogP contribution in [-0.4, -0.2) is 55.1 Å². The number of carbonyl (C=O) groups is 3. The lowest BCUT2D eigenvalue weighted by molar-refractivity contribution is -0.137. The Morgan fingerprint density at radius 2 is 1.76 bits per heavy atom. The number of fused-ring (bicyclic) bond motifs is 2. The van der Waals surface area contributed by atoms with Gasteiger partial charge in [0.2, 0.25) is 0 Å². The number of hydrogen-bond acceptors (Lipinski definition) is 6. The van der Waals surface area contributed by atoms with Gasteiger partial charge in [-0.05, 0) is 30.3 Å². The molecule has 0 saturated heterocycles. The number of ether oxygens (including phenoxy) is 1. The van der Waals surface area contributed by atoms with E-state index in [1.54, 1.807) is 12.1 Å². The molecule has 2 aromatic carbocycles.